The van der Waals surface area contributed by atoms with Crippen LogP contribution in [0.15, 0.2) is 34.4 Å². The zero-order valence-electron chi connectivity index (χ0n) is 10.0. The lowest BCUT2D eigenvalue weighted by molar-refractivity contribution is 0.390. The molecule has 0 saturated carbocycles. The highest BCUT2D eigenvalue weighted by molar-refractivity contribution is 7.89. The second-order valence-electron chi connectivity index (χ2n) is 3.84. The Morgan fingerprint density at radius 1 is 1.22 bits per heavy atom. The van der Waals surface area contributed by atoms with Crippen LogP contribution in [0.25, 0.3) is 0 Å². The number of alkyl halides is 1. The van der Waals surface area contributed by atoms with E-state index in [1.165, 1.54) is 12.1 Å². The second-order valence-corrected chi connectivity index (χ2v) is 5.68. The largest absolute Gasteiger partial charge is 0.281 e. The van der Waals surface area contributed by atoms with E-state index in [2.05, 4.69) is 5.29 Å². The number of hydrogen-bond donors (Lipinski definition) is 0. The van der Waals surface area contributed by atoms with Gasteiger partial charge in [-0.15, -0.1) is 4.91 Å². The number of hydrogen-bond acceptors (Lipinski definition) is 4. The number of unbranched alkanes of at least 4 members (excludes halogenated alkanes) is 1. The molecule has 0 aliphatic carbocycles. The molecule has 0 aliphatic rings. The van der Waals surface area contributed by atoms with Gasteiger partial charge in [0.25, 0.3) is 10.0 Å². The molecule has 0 amide bonds. The van der Waals surface area contributed by atoms with Gasteiger partial charge in [-0.3, -0.25) is 4.39 Å². The van der Waals surface area contributed by atoms with Gasteiger partial charge in [0, 0.05) is 0 Å². The minimum atomic E-state index is -3.92. The maximum Gasteiger partial charge on any atom is 0.281 e. The Labute approximate surface area is 106 Å². The molecule has 1 aromatic rings. The SMILES string of the molecule is Cc1ccc(S(=O)(=O)N(CCCC[18F])N=O)cc1. The van der Waals surface area contributed by atoms with Crippen LogP contribution in [0.5, 0.6) is 0 Å². The normalized spacial score (nSPS) is 11.2. The Bertz CT molecular complexity index is 488. The molecule has 0 saturated heterocycles. The Morgan fingerprint density at radius 3 is 2.33 bits per heavy atom. The summed E-state index contributed by atoms with van der Waals surface area (Å²) in [7, 11) is -3.92. The summed E-state index contributed by atoms with van der Waals surface area (Å²) in [5, 5.41) is 2.50. The first-order valence-electron chi connectivity index (χ1n) is 5.51. The molecule has 7 heteroatoms. The van der Waals surface area contributed by atoms with Gasteiger partial charge in [-0.2, -0.15) is 12.8 Å². The van der Waals surface area contributed by atoms with Crippen molar-refractivity contribution < 1.29 is 12.8 Å². The summed E-state index contributed by atoms with van der Waals surface area (Å²) in [5.74, 6) is 0. The molecule has 0 bridgehead atoms. The average molecular weight is 273 g/mol. The summed E-state index contributed by atoms with van der Waals surface area (Å²) in [6.07, 6.45) is 0.461. The first-order chi connectivity index (χ1) is 8.52. The molecule has 5 nitrogen and oxygen atoms in total. The van der Waals surface area contributed by atoms with Gasteiger partial charge in [0.2, 0.25) is 0 Å². The van der Waals surface area contributed by atoms with Crippen LogP contribution >= 0.6 is 0 Å². The molecule has 0 aliphatic heterocycles. The van der Waals surface area contributed by atoms with Crippen LogP contribution in [0.4, 0.5) is 4.39 Å². The number of rotatable bonds is 7. The van der Waals surface area contributed by atoms with Crippen molar-refractivity contribution in [2.24, 2.45) is 5.29 Å². The summed E-state index contributed by atoms with van der Waals surface area (Å²) in [6, 6.07) is 6.10. The van der Waals surface area contributed by atoms with Crippen LogP contribution < -0.4 is 0 Å². The van der Waals surface area contributed by atoms with Gasteiger partial charge in [-0.1, -0.05) is 17.7 Å². The van der Waals surface area contributed by atoms with E-state index in [0.29, 0.717) is 4.41 Å². The lowest BCUT2D eigenvalue weighted by Crippen LogP contribution is -2.26. The van der Waals surface area contributed by atoms with Crippen LogP contribution in [0.2, 0.25) is 0 Å². The topological polar surface area (TPSA) is 66.8 Å². The number of sulfonamides is 1. The summed E-state index contributed by atoms with van der Waals surface area (Å²) in [5.41, 5.74) is 0.914. The molecule has 1 rings (SSSR count). The highest BCUT2D eigenvalue weighted by Gasteiger charge is 2.23. The van der Waals surface area contributed by atoms with Gasteiger partial charge >= 0.3 is 0 Å². The third-order valence-corrected chi connectivity index (χ3v) is 4.09. The first-order valence-corrected chi connectivity index (χ1v) is 6.95. The number of aryl methyl sites for hydroxylation is 1. The Kier molecular flexibility index (Phi) is 5.21. The third kappa shape index (κ3) is 3.49. The molecule has 0 heterocycles. The smallest absolute Gasteiger partial charge is 0.251 e. The predicted molar refractivity (Wildman–Crippen MR) is 66.1 cm³/mol. The molecule has 0 fully saturated rings. The van der Waals surface area contributed by atoms with Crippen LogP contribution in [0.1, 0.15) is 18.4 Å². The monoisotopic (exact) mass is 273 g/mol. The van der Waals surface area contributed by atoms with Crippen molar-refractivity contribution in [2.45, 2.75) is 24.7 Å². The molecule has 0 radical (unpaired) electrons. The van der Waals surface area contributed by atoms with E-state index in [1.807, 2.05) is 6.92 Å². The predicted octanol–water partition coefficient (Wildman–Crippen LogP) is 2.42. The van der Waals surface area contributed by atoms with Crippen molar-refractivity contribution in [3.63, 3.8) is 0 Å². The van der Waals surface area contributed by atoms with E-state index >= 15 is 0 Å². The van der Waals surface area contributed by atoms with Gasteiger partial charge in [-0.05, 0) is 31.9 Å². The molecule has 0 spiro atoms. The van der Waals surface area contributed by atoms with Gasteiger partial charge in [0.05, 0.1) is 23.4 Å². The minimum absolute atomic E-state index is 0.00736. The standard InChI is InChI=1S/C11H15FN2O3S/c1-10-4-6-11(7-5-10)18(16,17)14(13-15)9-3-2-8-12/h4-7H,2-3,8-9H2,1H3/i12-1. The Balaban J connectivity index is 2.89. The minimum Gasteiger partial charge on any atom is -0.251 e. The number of halogens is 1. The van der Waals surface area contributed by atoms with Crippen molar-refractivity contribution in [2.75, 3.05) is 13.2 Å². The zero-order chi connectivity index (χ0) is 13.6. The fourth-order valence-electron chi connectivity index (χ4n) is 1.38. The molecule has 0 atom stereocenters. The fourth-order valence-corrected chi connectivity index (χ4v) is 2.56. The summed E-state index contributed by atoms with van der Waals surface area (Å²) in [4.78, 5) is 10.6. The van der Waals surface area contributed by atoms with Crippen molar-refractivity contribution in [3.8, 4) is 0 Å². The summed E-state index contributed by atoms with van der Waals surface area (Å²) in [6.45, 7) is 1.17. The lowest BCUT2D eigenvalue weighted by atomic mass is 10.2. The molecule has 0 aromatic heterocycles. The van der Waals surface area contributed by atoms with E-state index in [-0.39, 0.29) is 24.3 Å². The van der Waals surface area contributed by atoms with Crippen LogP contribution in [-0.2, 0) is 10.0 Å². The van der Waals surface area contributed by atoms with Gasteiger partial charge in [0.15, 0.2) is 0 Å². The molecular weight excluding hydrogens is 258 g/mol. The maximum atomic E-state index is 12.0. The molecule has 0 unspecified atom stereocenters. The quantitative estimate of drug-likeness (QED) is 0.435. The van der Waals surface area contributed by atoms with E-state index in [4.69, 9.17) is 0 Å². The number of benzene rings is 1. The van der Waals surface area contributed by atoms with Crippen LogP contribution in [-0.4, -0.2) is 26.1 Å². The molecule has 18 heavy (non-hydrogen) atoms. The van der Waals surface area contributed by atoms with Gasteiger partial charge < -0.3 is 0 Å². The molecule has 0 N–H and O–H groups in total. The highest BCUT2D eigenvalue weighted by atomic mass is 32.2. The number of nitrogens with zero attached hydrogens (tertiary/aromatic N) is 2. The van der Waals surface area contributed by atoms with Crippen molar-refractivity contribution in [3.05, 3.63) is 34.7 Å². The number of nitroso groups, excluding NO2 is 1. The van der Waals surface area contributed by atoms with E-state index in [1.54, 1.807) is 12.1 Å². The fraction of sp³-hybridized carbons (Fsp3) is 0.455. The van der Waals surface area contributed by atoms with Crippen molar-refractivity contribution >= 4 is 10.0 Å². The molecule has 1 aromatic carbocycles. The third-order valence-electron chi connectivity index (χ3n) is 2.42. The Morgan fingerprint density at radius 2 is 1.83 bits per heavy atom. The maximum absolute atomic E-state index is 12.0. The van der Waals surface area contributed by atoms with Crippen LogP contribution in [0.3, 0.4) is 0 Å². The highest BCUT2D eigenvalue weighted by Crippen LogP contribution is 2.17. The van der Waals surface area contributed by atoms with E-state index < -0.39 is 16.7 Å². The van der Waals surface area contributed by atoms with Crippen molar-refractivity contribution in [1.29, 1.82) is 0 Å². The summed E-state index contributed by atoms with van der Waals surface area (Å²) >= 11 is 0. The molecular formula is C11H15FN2O3S. The van der Waals surface area contributed by atoms with E-state index in [9.17, 15) is 17.7 Å². The lowest BCUT2D eigenvalue weighted by Gasteiger charge is -2.15. The summed E-state index contributed by atoms with van der Waals surface area (Å²) < 4.78 is 36.4. The van der Waals surface area contributed by atoms with Crippen molar-refractivity contribution in [1.82, 2.24) is 4.41 Å². The van der Waals surface area contributed by atoms with E-state index in [0.717, 1.165) is 5.56 Å². The average Bonchev–Trinajstić information content (AvgIpc) is 2.35. The first kappa shape index (κ1) is 14.6. The van der Waals surface area contributed by atoms with Crippen LogP contribution in [0, 0.1) is 11.8 Å². The molecule has 100 valence electrons. The van der Waals surface area contributed by atoms with Gasteiger partial charge in [0.1, 0.15) is 0 Å². The second kappa shape index (κ2) is 6.44. The van der Waals surface area contributed by atoms with Gasteiger partial charge in [-0.25, -0.2) is 0 Å². The Hall–Kier alpha value is -1.50. The zero-order valence-corrected chi connectivity index (χ0v) is 10.9.